The number of nitrogens with zero attached hydrogens (tertiary/aromatic N) is 2. The highest BCUT2D eigenvalue weighted by Crippen LogP contribution is 2.29. The molecule has 0 spiro atoms. The number of benzene rings is 2. The minimum absolute atomic E-state index is 0.0156. The first kappa shape index (κ1) is 17.5. The molecule has 1 heterocycles. The lowest BCUT2D eigenvalue weighted by Crippen LogP contribution is -2.10. The molecule has 0 bridgehead atoms. The summed E-state index contributed by atoms with van der Waals surface area (Å²) in [7, 11) is 4.09. The van der Waals surface area contributed by atoms with Crippen LogP contribution in [0.1, 0.15) is 11.1 Å². The zero-order valence-electron chi connectivity index (χ0n) is 14.3. The number of hydrogen-bond acceptors (Lipinski definition) is 4. The van der Waals surface area contributed by atoms with Crippen molar-refractivity contribution in [2.75, 3.05) is 19.8 Å². The second-order valence-corrected chi connectivity index (χ2v) is 7.26. The summed E-state index contributed by atoms with van der Waals surface area (Å²) in [4.78, 5) is 6.47. The molecule has 1 aromatic heterocycles. The Morgan fingerprint density at radius 3 is 2.44 bits per heavy atom. The summed E-state index contributed by atoms with van der Waals surface area (Å²) in [6.45, 7) is 0.899. The molecule has 0 saturated carbocycles. The Morgan fingerprint density at radius 2 is 1.80 bits per heavy atom. The van der Waals surface area contributed by atoms with E-state index in [0.29, 0.717) is 11.3 Å². The van der Waals surface area contributed by atoms with Gasteiger partial charge >= 0.3 is 0 Å². The van der Waals surface area contributed by atoms with E-state index >= 15 is 0 Å². The molecule has 0 aliphatic rings. The number of fused-ring (bicyclic) bond motifs is 1. The van der Waals surface area contributed by atoms with Crippen LogP contribution >= 0.6 is 0 Å². The summed E-state index contributed by atoms with van der Waals surface area (Å²) in [5.41, 5.74) is 11.5. The van der Waals surface area contributed by atoms with Gasteiger partial charge in [-0.25, -0.2) is 4.21 Å². The normalized spacial score (nSPS) is 12.6. The highest BCUT2D eigenvalue weighted by atomic mass is 32.2. The summed E-state index contributed by atoms with van der Waals surface area (Å²) < 4.78 is 20.2. The average molecular weight is 355 g/mol. The highest BCUT2D eigenvalue weighted by molar-refractivity contribution is 7.78. The van der Waals surface area contributed by atoms with Crippen molar-refractivity contribution in [3.8, 4) is 11.1 Å². The third-order valence-electron chi connectivity index (χ3n) is 4.06. The van der Waals surface area contributed by atoms with Crippen molar-refractivity contribution in [3.63, 3.8) is 0 Å². The molecule has 1 unspecified atom stereocenters. The predicted molar refractivity (Wildman–Crippen MR) is 103 cm³/mol. The molecule has 3 N–H and O–H groups in total. The average Bonchev–Trinajstić information content (AvgIpc) is 2.57. The maximum Gasteiger partial charge on any atom is 0.157 e. The maximum absolute atomic E-state index is 11.1. The van der Waals surface area contributed by atoms with Crippen molar-refractivity contribution in [1.82, 2.24) is 9.88 Å². The second-order valence-electron chi connectivity index (χ2n) is 6.33. The number of pyridine rings is 1. The molecule has 3 rings (SSSR count). The SMILES string of the molecule is CN(C)Cc1ccc(-c2ccc3ncc(CS(=O)O)c(N)c3c2)cc1. The molecule has 0 aliphatic heterocycles. The molecule has 1 atom stereocenters. The molecule has 6 heteroatoms. The molecular formula is C19H21N3O2S. The van der Waals surface area contributed by atoms with Gasteiger partial charge in [0.25, 0.3) is 0 Å². The van der Waals surface area contributed by atoms with Gasteiger partial charge in [0.1, 0.15) is 0 Å². The van der Waals surface area contributed by atoms with Crippen molar-refractivity contribution in [2.45, 2.75) is 12.3 Å². The van der Waals surface area contributed by atoms with Crippen LogP contribution in [-0.2, 0) is 23.4 Å². The highest BCUT2D eigenvalue weighted by Gasteiger charge is 2.10. The fourth-order valence-electron chi connectivity index (χ4n) is 2.85. The van der Waals surface area contributed by atoms with Gasteiger partial charge < -0.3 is 15.2 Å². The fourth-order valence-corrected chi connectivity index (χ4v) is 3.35. The smallest absolute Gasteiger partial charge is 0.157 e. The molecular weight excluding hydrogens is 334 g/mol. The summed E-state index contributed by atoms with van der Waals surface area (Å²) >= 11 is -1.94. The zero-order chi connectivity index (χ0) is 18.0. The number of aromatic nitrogens is 1. The van der Waals surface area contributed by atoms with Crippen LogP contribution in [0.5, 0.6) is 0 Å². The minimum atomic E-state index is -1.94. The first-order chi connectivity index (χ1) is 11.9. The number of nitrogens with two attached hydrogens (primary N) is 1. The Kier molecular flexibility index (Phi) is 5.13. The van der Waals surface area contributed by atoms with Crippen LogP contribution in [0.3, 0.4) is 0 Å². The van der Waals surface area contributed by atoms with E-state index in [9.17, 15) is 4.21 Å². The molecule has 0 fully saturated rings. The lowest BCUT2D eigenvalue weighted by atomic mass is 10.0. The Labute approximate surface area is 149 Å². The molecule has 0 aliphatic carbocycles. The van der Waals surface area contributed by atoms with Crippen LogP contribution in [0.15, 0.2) is 48.7 Å². The van der Waals surface area contributed by atoms with Gasteiger partial charge in [0, 0.05) is 29.4 Å². The quantitative estimate of drug-likeness (QED) is 0.687. The standard InChI is InChI=1S/C19H21N3O2S/c1-22(2)11-13-3-5-14(6-4-13)15-7-8-18-17(9-15)19(20)16(10-21-18)12-25(23)24/h3-10H,11-12H2,1-2H3,(H2,20,21)(H,23,24). The lowest BCUT2D eigenvalue weighted by molar-refractivity contribution is 0.402. The van der Waals surface area contributed by atoms with Crippen molar-refractivity contribution >= 4 is 27.7 Å². The van der Waals surface area contributed by atoms with Gasteiger partial charge in [0.15, 0.2) is 11.1 Å². The third-order valence-corrected chi connectivity index (χ3v) is 4.62. The molecule has 0 saturated heterocycles. The summed E-state index contributed by atoms with van der Waals surface area (Å²) in [5, 5.41) is 0.804. The lowest BCUT2D eigenvalue weighted by Gasteiger charge is -2.11. The van der Waals surface area contributed by atoms with Gasteiger partial charge in [-0.05, 0) is 42.9 Å². The molecule has 3 aromatic rings. The van der Waals surface area contributed by atoms with Crippen LogP contribution in [-0.4, -0.2) is 32.7 Å². The minimum Gasteiger partial charge on any atom is -0.398 e. The van der Waals surface area contributed by atoms with Crippen LogP contribution in [0.4, 0.5) is 5.69 Å². The van der Waals surface area contributed by atoms with Crippen LogP contribution < -0.4 is 5.73 Å². The van der Waals surface area contributed by atoms with Crippen molar-refractivity contribution in [3.05, 3.63) is 59.8 Å². The van der Waals surface area contributed by atoms with Crippen molar-refractivity contribution in [1.29, 1.82) is 0 Å². The number of anilines is 1. The largest absolute Gasteiger partial charge is 0.398 e. The van der Waals surface area contributed by atoms with Gasteiger partial charge in [-0.15, -0.1) is 0 Å². The summed E-state index contributed by atoms with van der Waals surface area (Å²) in [6.07, 6.45) is 1.57. The number of rotatable bonds is 5. The Bertz CT molecular complexity index is 924. The topological polar surface area (TPSA) is 79.5 Å². The van der Waals surface area contributed by atoms with Crippen molar-refractivity contribution in [2.24, 2.45) is 0 Å². The Hall–Kier alpha value is -2.28. The van der Waals surface area contributed by atoms with Gasteiger partial charge in [0.2, 0.25) is 0 Å². The molecule has 0 radical (unpaired) electrons. The molecule has 0 amide bonds. The Balaban J connectivity index is 1.99. The number of hydrogen-bond donors (Lipinski definition) is 2. The van der Waals surface area contributed by atoms with E-state index in [0.717, 1.165) is 28.6 Å². The van der Waals surface area contributed by atoms with Gasteiger partial charge in [-0.1, -0.05) is 30.3 Å². The maximum atomic E-state index is 11.1. The first-order valence-corrected chi connectivity index (χ1v) is 9.20. The van der Waals surface area contributed by atoms with E-state index in [2.05, 4.69) is 34.1 Å². The van der Waals surface area contributed by atoms with E-state index in [1.165, 1.54) is 5.56 Å². The third kappa shape index (κ3) is 4.04. The van der Waals surface area contributed by atoms with Gasteiger partial charge in [0.05, 0.1) is 11.3 Å². The summed E-state index contributed by atoms with van der Waals surface area (Å²) in [6, 6.07) is 14.3. The predicted octanol–water partition coefficient (Wildman–Crippen LogP) is 3.27. The van der Waals surface area contributed by atoms with Gasteiger partial charge in [-0.2, -0.15) is 0 Å². The monoisotopic (exact) mass is 355 g/mol. The first-order valence-electron chi connectivity index (χ1n) is 7.92. The summed E-state index contributed by atoms with van der Waals surface area (Å²) in [5.74, 6) is -0.0156. The molecule has 130 valence electrons. The Morgan fingerprint density at radius 1 is 1.12 bits per heavy atom. The van der Waals surface area contributed by atoms with Crippen LogP contribution in [0.25, 0.3) is 22.0 Å². The number of nitrogen functional groups attached to an aromatic ring is 1. The van der Waals surface area contributed by atoms with Crippen molar-refractivity contribution < 1.29 is 8.76 Å². The second kappa shape index (κ2) is 7.31. The van der Waals surface area contributed by atoms with Crippen LogP contribution in [0, 0.1) is 0 Å². The fraction of sp³-hybridized carbons (Fsp3) is 0.211. The van der Waals surface area contributed by atoms with Crippen LogP contribution in [0.2, 0.25) is 0 Å². The van der Waals surface area contributed by atoms with E-state index in [1.54, 1.807) is 6.20 Å². The van der Waals surface area contributed by atoms with E-state index < -0.39 is 11.1 Å². The molecule has 5 nitrogen and oxygen atoms in total. The van der Waals surface area contributed by atoms with E-state index in [1.807, 2.05) is 32.3 Å². The van der Waals surface area contributed by atoms with E-state index in [-0.39, 0.29) is 5.75 Å². The van der Waals surface area contributed by atoms with E-state index in [4.69, 9.17) is 10.3 Å². The molecule has 2 aromatic carbocycles. The molecule has 25 heavy (non-hydrogen) atoms. The zero-order valence-corrected chi connectivity index (χ0v) is 15.1. The van der Waals surface area contributed by atoms with Gasteiger partial charge in [-0.3, -0.25) is 4.98 Å².